The summed E-state index contributed by atoms with van der Waals surface area (Å²) in [6.45, 7) is 9.78. The molecule has 2 heteroatoms. The lowest BCUT2D eigenvalue weighted by molar-refractivity contribution is 0.216. The normalized spacial score (nSPS) is 11.2. The van der Waals surface area contributed by atoms with Crippen LogP contribution in [0.4, 0.5) is 0 Å². The quantitative estimate of drug-likeness (QED) is 0.738. The highest BCUT2D eigenvalue weighted by atomic mass is 16.5. The van der Waals surface area contributed by atoms with E-state index in [0.717, 1.165) is 17.1 Å². The summed E-state index contributed by atoms with van der Waals surface area (Å²) < 4.78 is 11.5. The molecule has 0 radical (unpaired) electrons. The lowest BCUT2D eigenvalue weighted by atomic mass is 9.86. The molecule has 0 saturated heterocycles. The Morgan fingerprint density at radius 2 is 1.52 bits per heavy atom. The minimum absolute atomic E-state index is 0.131. The Bertz CT molecular complexity index is 568. The van der Waals surface area contributed by atoms with Gasteiger partial charge in [-0.1, -0.05) is 51.1 Å². The lowest BCUT2D eigenvalue weighted by Gasteiger charge is -2.21. The van der Waals surface area contributed by atoms with Crippen molar-refractivity contribution in [2.45, 2.75) is 33.1 Å². The molecule has 2 rings (SSSR count). The molecule has 0 aliphatic carbocycles. The van der Waals surface area contributed by atoms with E-state index in [0.29, 0.717) is 13.2 Å². The summed E-state index contributed by atoms with van der Waals surface area (Å²) in [7, 11) is 0. The number of hydrogen-bond donors (Lipinski definition) is 0. The highest BCUT2D eigenvalue weighted by Gasteiger charge is 2.15. The number of hydrogen-bond acceptors (Lipinski definition) is 2. The summed E-state index contributed by atoms with van der Waals surface area (Å²) in [5.74, 6) is 1.82. The molecule has 0 aliphatic rings. The number of para-hydroxylation sites is 1. The molecule has 0 unspecified atom stereocenters. The van der Waals surface area contributed by atoms with Crippen LogP contribution in [0.2, 0.25) is 0 Å². The van der Waals surface area contributed by atoms with Crippen molar-refractivity contribution in [1.82, 2.24) is 0 Å². The second-order valence-electron chi connectivity index (χ2n) is 6.24. The minimum atomic E-state index is 0.131. The van der Waals surface area contributed by atoms with Gasteiger partial charge in [0, 0.05) is 0 Å². The maximum atomic E-state index is 5.87. The largest absolute Gasteiger partial charge is 0.490 e. The van der Waals surface area contributed by atoms with Crippen molar-refractivity contribution in [2.24, 2.45) is 0 Å². The third-order valence-electron chi connectivity index (χ3n) is 3.41. The summed E-state index contributed by atoms with van der Waals surface area (Å²) in [5.41, 5.74) is 2.57. The number of aryl methyl sites for hydroxylation is 1. The fraction of sp³-hybridized carbons (Fsp3) is 0.368. The zero-order valence-corrected chi connectivity index (χ0v) is 13.3. The average Bonchev–Trinajstić information content (AvgIpc) is 2.45. The first-order valence-corrected chi connectivity index (χ1v) is 7.38. The van der Waals surface area contributed by atoms with E-state index in [1.54, 1.807) is 0 Å². The van der Waals surface area contributed by atoms with Crippen molar-refractivity contribution in [1.29, 1.82) is 0 Å². The van der Waals surface area contributed by atoms with E-state index in [2.05, 4.69) is 45.9 Å². The van der Waals surface area contributed by atoms with E-state index in [1.165, 1.54) is 5.56 Å². The van der Waals surface area contributed by atoms with Gasteiger partial charge in [0.1, 0.15) is 24.7 Å². The average molecular weight is 284 g/mol. The zero-order chi connectivity index (χ0) is 15.3. The number of ether oxygens (including phenoxy) is 2. The van der Waals surface area contributed by atoms with Crippen LogP contribution in [0.25, 0.3) is 0 Å². The van der Waals surface area contributed by atoms with Gasteiger partial charge in [-0.2, -0.15) is 0 Å². The predicted molar refractivity (Wildman–Crippen MR) is 87.3 cm³/mol. The summed E-state index contributed by atoms with van der Waals surface area (Å²) in [6.07, 6.45) is 0. The smallest absolute Gasteiger partial charge is 0.122 e. The molecule has 0 aliphatic heterocycles. The summed E-state index contributed by atoms with van der Waals surface area (Å²) in [5, 5.41) is 0. The van der Waals surface area contributed by atoms with Crippen LogP contribution in [-0.2, 0) is 5.41 Å². The molecule has 0 N–H and O–H groups in total. The van der Waals surface area contributed by atoms with Crippen LogP contribution in [-0.4, -0.2) is 13.2 Å². The highest BCUT2D eigenvalue weighted by Crippen LogP contribution is 2.28. The molecule has 0 spiro atoms. The van der Waals surface area contributed by atoms with Crippen LogP contribution in [0.5, 0.6) is 11.5 Å². The van der Waals surface area contributed by atoms with Gasteiger partial charge in [0.05, 0.1) is 0 Å². The highest BCUT2D eigenvalue weighted by molar-refractivity contribution is 5.39. The fourth-order valence-corrected chi connectivity index (χ4v) is 2.05. The fourth-order valence-electron chi connectivity index (χ4n) is 2.05. The molecule has 0 fully saturated rings. The Labute approximate surface area is 127 Å². The maximum Gasteiger partial charge on any atom is 0.122 e. The van der Waals surface area contributed by atoms with Crippen molar-refractivity contribution in [2.75, 3.05) is 13.2 Å². The van der Waals surface area contributed by atoms with Crippen LogP contribution in [0.1, 0.15) is 31.9 Å². The van der Waals surface area contributed by atoms with Crippen molar-refractivity contribution in [3.05, 3.63) is 59.7 Å². The van der Waals surface area contributed by atoms with Crippen molar-refractivity contribution >= 4 is 0 Å². The molecular formula is C19H24O2. The molecule has 112 valence electrons. The van der Waals surface area contributed by atoms with E-state index in [9.17, 15) is 0 Å². The lowest BCUT2D eigenvalue weighted by Crippen LogP contribution is -2.13. The topological polar surface area (TPSA) is 18.5 Å². The van der Waals surface area contributed by atoms with E-state index in [-0.39, 0.29) is 5.41 Å². The van der Waals surface area contributed by atoms with E-state index >= 15 is 0 Å². The Morgan fingerprint density at radius 1 is 0.857 bits per heavy atom. The molecule has 0 saturated carbocycles. The summed E-state index contributed by atoms with van der Waals surface area (Å²) >= 11 is 0. The number of benzene rings is 2. The van der Waals surface area contributed by atoms with Gasteiger partial charge in [0.15, 0.2) is 0 Å². The monoisotopic (exact) mass is 284 g/mol. The molecule has 0 aromatic heterocycles. The van der Waals surface area contributed by atoms with Gasteiger partial charge in [0.2, 0.25) is 0 Å². The number of rotatable bonds is 5. The predicted octanol–water partition coefficient (Wildman–Crippen LogP) is 4.75. The van der Waals surface area contributed by atoms with Gasteiger partial charge in [-0.25, -0.2) is 0 Å². The Hall–Kier alpha value is -1.96. The molecule has 2 aromatic carbocycles. The Kier molecular flexibility index (Phi) is 4.89. The van der Waals surface area contributed by atoms with E-state index in [4.69, 9.17) is 9.47 Å². The second kappa shape index (κ2) is 6.66. The van der Waals surface area contributed by atoms with Crippen molar-refractivity contribution in [3.63, 3.8) is 0 Å². The van der Waals surface area contributed by atoms with Crippen LogP contribution >= 0.6 is 0 Å². The zero-order valence-electron chi connectivity index (χ0n) is 13.3. The third-order valence-corrected chi connectivity index (χ3v) is 3.41. The van der Waals surface area contributed by atoms with Gasteiger partial charge in [-0.05, 0) is 41.7 Å². The van der Waals surface area contributed by atoms with Gasteiger partial charge in [-0.15, -0.1) is 0 Å². The minimum Gasteiger partial charge on any atom is -0.490 e. The van der Waals surface area contributed by atoms with Gasteiger partial charge < -0.3 is 9.47 Å². The molecule has 0 atom stereocenters. The van der Waals surface area contributed by atoms with Crippen molar-refractivity contribution in [3.8, 4) is 11.5 Å². The van der Waals surface area contributed by atoms with Gasteiger partial charge >= 0.3 is 0 Å². The van der Waals surface area contributed by atoms with E-state index in [1.807, 2.05) is 30.3 Å². The van der Waals surface area contributed by atoms with Crippen LogP contribution in [0, 0.1) is 6.92 Å². The SMILES string of the molecule is Cc1ccc(C(C)(C)C)cc1OCCOc1ccccc1. The van der Waals surface area contributed by atoms with Crippen LogP contribution < -0.4 is 9.47 Å². The summed E-state index contributed by atoms with van der Waals surface area (Å²) in [4.78, 5) is 0. The molecule has 0 bridgehead atoms. The second-order valence-corrected chi connectivity index (χ2v) is 6.24. The molecular weight excluding hydrogens is 260 g/mol. The Balaban J connectivity index is 1.91. The first-order chi connectivity index (χ1) is 9.97. The molecule has 2 nitrogen and oxygen atoms in total. The first-order valence-electron chi connectivity index (χ1n) is 7.38. The molecule has 21 heavy (non-hydrogen) atoms. The Morgan fingerprint density at radius 3 is 2.19 bits per heavy atom. The molecule has 0 heterocycles. The van der Waals surface area contributed by atoms with Crippen LogP contribution in [0.3, 0.4) is 0 Å². The van der Waals surface area contributed by atoms with E-state index < -0.39 is 0 Å². The van der Waals surface area contributed by atoms with Crippen LogP contribution in [0.15, 0.2) is 48.5 Å². The van der Waals surface area contributed by atoms with Gasteiger partial charge in [-0.3, -0.25) is 0 Å². The first kappa shape index (κ1) is 15.4. The maximum absolute atomic E-state index is 5.87. The van der Waals surface area contributed by atoms with Gasteiger partial charge in [0.25, 0.3) is 0 Å². The van der Waals surface area contributed by atoms with Crippen molar-refractivity contribution < 1.29 is 9.47 Å². The molecule has 0 amide bonds. The molecule has 2 aromatic rings. The summed E-state index contributed by atoms with van der Waals surface area (Å²) in [6, 6.07) is 16.2. The standard InChI is InChI=1S/C19H24O2/c1-15-10-11-16(19(2,3)4)14-18(15)21-13-12-20-17-8-6-5-7-9-17/h5-11,14H,12-13H2,1-4H3. The third kappa shape index (κ3) is 4.52.